The summed E-state index contributed by atoms with van der Waals surface area (Å²) >= 11 is 1.17. The maximum atomic E-state index is 14.5. The third-order valence-corrected chi connectivity index (χ3v) is 8.70. The molecule has 0 N–H and O–H groups in total. The van der Waals surface area contributed by atoms with Crippen molar-refractivity contribution in [2.75, 3.05) is 25.2 Å². The first kappa shape index (κ1) is 28.4. The molecule has 2 aliphatic rings. The standard InChI is InChI=1S/C34H31N3O5S/c1-4-6-19-36-25-18-11-10-17-24(25)26(31(36)38)30-32(39)37-29(22-15-12-16-23(20-22)41-3)27(33(40)42-5-2)28(35-34(37)43-30)21-13-8-7-9-14-21/h7-18,20,29H,4-6,19H2,1-3H3/b30-26+/t29-/m1/s1. The molecule has 0 aliphatic carbocycles. The summed E-state index contributed by atoms with van der Waals surface area (Å²) in [6.07, 6.45) is 1.77. The van der Waals surface area contributed by atoms with E-state index in [1.54, 1.807) is 31.1 Å². The number of benzene rings is 3. The first-order chi connectivity index (χ1) is 21.0. The number of para-hydroxylation sites is 1. The van der Waals surface area contributed by atoms with Crippen molar-refractivity contribution in [3.63, 3.8) is 0 Å². The molecule has 0 radical (unpaired) electrons. The van der Waals surface area contributed by atoms with Crippen LogP contribution in [0.3, 0.4) is 0 Å². The number of methoxy groups -OCH3 is 1. The van der Waals surface area contributed by atoms with Gasteiger partial charge in [-0.05, 0) is 37.1 Å². The average molecular weight is 594 g/mol. The fraction of sp³-hybridized carbons (Fsp3) is 0.235. The van der Waals surface area contributed by atoms with Crippen molar-refractivity contribution < 1.29 is 19.1 Å². The number of ether oxygens (including phenoxy) is 2. The second kappa shape index (κ2) is 11.9. The van der Waals surface area contributed by atoms with E-state index in [1.807, 2.05) is 66.7 Å². The van der Waals surface area contributed by atoms with Crippen molar-refractivity contribution >= 4 is 40.2 Å². The van der Waals surface area contributed by atoms with E-state index in [0.717, 1.165) is 24.1 Å². The number of hydrogen-bond acceptors (Lipinski definition) is 7. The van der Waals surface area contributed by atoms with Gasteiger partial charge in [0.05, 0.1) is 42.3 Å². The van der Waals surface area contributed by atoms with Crippen LogP contribution in [0.2, 0.25) is 0 Å². The lowest BCUT2D eigenvalue weighted by atomic mass is 9.93. The van der Waals surface area contributed by atoms with Gasteiger partial charge < -0.3 is 14.4 Å². The van der Waals surface area contributed by atoms with Crippen molar-refractivity contribution in [1.29, 1.82) is 0 Å². The number of anilines is 1. The predicted octanol–water partition coefficient (Wildman–Crippen LogP) is 4.46. The molecule has 1 atom stereocenters. The first-order valence-corrected chi connectivity index (χ1v) is 15.2. The van der Waals surface area contributed by atoms with Gasteiger partial charge in [-0.1, -0.05) is 85.3 Å². The Balaban J connectivity index is 1.69. The molecule has 9 heteroatoms. The third kappa shape index (κ3) is 4.89. The Labute approximate surface area is 252 Å². The summed E-state index contributed by atoms with van der Waals surface area (Å²) in [5, 5.41) is 0. The smallest absolute Gasteiger partial charge is 0.338 e. The van der Waals surface area contributed by atoms with Crippen LogP contribution in [-0.4, -0.2) is 36.7 Å². The Morgan fingerprint density at radius 2 is 1.74 bits per heavy atom. The van der Waals surface area contributed by atoms with Crippen molar-refractivity contribution in [3.05, 3.63) is 121 Å². The molecule has 0 fully saturated rings. The molecule has 4 aromatic rings. The Morgan fingerprint density at radius 3 is 2.49 bits per heavy atom. The molecule has 218 valence electrons. The second-order valence-electron chi connectivity index (χ2n) is 10.2. The largest absolute Gasteiger partial charge is 0.497 e. The van der Waals surface area contributed by atoms with Crippen molar-refractivity contribution in [2.45, 2.75) is 32.7 Å². The molecule has 43 heavy (non-hydrogen) atoms. The molecule has 2 aliphatic heterocycles. The van der Waals surface area contributed by atoms with Crippen LogP contribution < -0.4 is 24.5 Å². The minimum absolute atomic E-state index is 0.155. The van der Waals surface area contributed by atoms with E-state index >= 15 is 0 Å². The normalized spacial score (nSPS) is 17.0. The molecule has 0 saturated carbocycles. The van der Waals surface area contributed by atoms with Crippen LogP contribution in [0.1, 0.15) is 49.4 Å². The molecular formula is C34H31N3O5S. The Kier molecular flexibility index (Phi) is 7.82. The fourth-order valence-electron chi connectivity index (χ4n) is 5.66. The van der Waals surface area contributed by atoms with E-state index in [2.05, 4.69) is 6.92 Å². The molecule has 8 nitrogen and oxygen atoms in total. The SMILES string of the molecule is CCCCN1C(=O)/C(=c2/sc3n(c2=O)[C@H](c2cccc(OC)c2)C(C(=O)OCC)=C(c2ccccc2)N=3)c2ccccc21. The number of esters is 1. The maximum Gasteiger partial charge on any atom is 0.338 e. The number of nitrogens with zero attached hydrogens (tertiary/aromatic N) is 3. The average Bonchev–Trinajstić information content (AvgIpc) is 3.51. The van der Waals surface area contributed by atoms with Crippen molar-refractivity contribution in [1.82, 2.24) is 4.57 Å². The maximum absolute atomic E-state index is 14.5. The summed E-state index contributed by atoms with van der Waals surface area (Å²) < 4.78 is 12.9. The van der Waals surface area contributed by atoms with Gasteiger partial charge in [-0.2, -0.15) is 0 Å². The molecule has 0 spiro atoms. The van der Waals surface area contributed by atoms with Gasteiger partial charge in [-0.25, -0.2) is 9.79 Å². The number of fused-ring (bicyclic) bond motifs is 2. The van der Waals surface area contributed by atoms with E-state index in [-0.39, 0.29) is 23.6 Å². The number of carbonyl (C=O) groups excluding carboxylic acids is 2. The van der Waals surface area contributed by atoms with Gasteiger partial charge in [0.15, 0.2) is 4.80 Å². The number of rotatable bonds is 8. The van der Waals surface area contributed by atoms with Crippen LogP contribution >= 0.6 is 11.3 Å². The molecule has 0 bridgehead atoms. The number of aromatic nitrogens is 1. The summed E-state index contributed by atoms with van der Waals surface area (Å²) in [5.74, 6) is -0.190. The number of amides is 1. The van der Waals surface area contributed by atoms with Crippen molar-refractivity contribution in [2.24, 2.45) is 4.99 Å². The predicted molar refractivity (Wildman–Crippen MR) is 167 cm³/mol. The lowest BCUT2D eigenvalue weighted by Crippen LogP contribution is -2.41. The molecule has 1 amide bonds. The number of hydrogen-bond donors (Lipinski definition) is 0. The van der Waals surface area contributed by atoms with Gasteiger partial charge >= 0.3 is 5.97 Å². The highest BCUT2D eigenvalue weighted by atomic mass is 32.1. The van der Waals surface area contributed by atoms with E-state index in [0.29, 0.717) is 44.0 Å². The van der Waals surface area contributed by atoms with E-state index in [4.69, 9.17) is 14.5 Å². The quantitative estimate of drug-likeness (QED) is 0.282. The fourth-order valence-corrected chi connectivity index (χ4v) is 6.75. The third-order valence-electron chi connectivity index (χ3n) is 7.64. The van der Waals surface area contributed by atoms with Gasteiger partial charge in [0, 0.05) is 17.7 Å². The lowest BCUT2D eigenvalue weighted by Gasteiger charge is -2.26. The van der Waals surface area contributed by atoms with E-state index < -0.39 is 12.0 Å². The molecule has 6 rings (SSSR count). The highest BCUT2D eigenvalue weighted by Crippen LogP contribution is 2.38. The Hall–Kier alpha value is -4.76. The molecule has 0 unspecified atom stereocenters. The Morgan fingerprint density at radius 1 is 0.977 bits per heavy atom. The van der Waals surface area contributed by atoms with Crippen molar-refractivity contribution in [3.8, 4) is 5.75 Å². The zero-order chi connectivity index (χ0) is 30.1. The zero-order valence-electron chi connectivity index (χ0n) is 24.2. The summed E-state index contributed by atoms with van der Waals surface area (Å²) in [6, 6.07) is 23.4. The molecule has 1 aromatic heterocycles. The van der Waals surface area contributed by atoms with Gasteiger partial charge in [-0.3, -0.25) is 14.2 Å². The Bertz CT molecular complexity index is 1940. The minimum Gasteiger partial charge on any atom is -0.497 e. The van der Waals surface area contributed by atoms with Crippen LogP contribution in [0.4, 0.5) is 5.69 Å². The molecule has 3 heterocycles. The molecular weight excluding hydrogens is 562 g/mol. The first-order valence-electron chi connectivity index (χ1n) is 14.3. The van der Waals surface area contributed by atoms with Crippen LogP contribution in [0.15, 0.2) is 94.2 Å². The summed E-state index contributed by atoms with van der Waals surface area (Å²) in [7, 11) is 1.57. The number of carbonyl (C=O) groups is 2. The number of unbranched alkanes of at least 4 members (excludes halogenated alkanes) is 1. The van der Waals surface area contributed by atoms with E-state index in [1.165, 1.54) is 15.9 Å². The van der Waals surface area contributed by atoms with Crippen LogP contribution in [0, 0.1) is 0 Å². The summed E-state index contributed by atoms with van der Waals surface area (Å²) in [5.41, 5.74) is 3.53. The van der Waals surface area contributed by atoms with Gasteiger partial charge in [-0.15, -0.1) is 0 Å². The number of thiazole rings is 1. The van der Waals surface area contributed by atoms with Gasteiger partial charge in [0.25, 0.3) is 11.5 Å². The van der Waals surface area contributed by atoms with Crippen LogP contribution in [0.25, 0.3) is 11.3 Å². The summed E-state index contributed by atoms with van der Waals surface area (Å²) in [6.45, 7) is 4.54. The zero-order valence-corrected chi connectivity index (χ0v) is 25.0. The van der Waals surface area contributed by atoms with Gasteiger partial charge in [0.1, 0.15) is 10.3 Å². The molecule has 0 saturated heterocycles. The summed E-state index contributed by atoms with van der Waals surface area (Å²) in [4.78, 5) is 49.2. The van der Waals surface area contributed by atoms with Gasteiger partial charge in [0.2, 0.25) is 0 Å². The monoisotopic (exact) mass is 593 g/mol. The highest BCUT2D eigenvalue weighted by Gasteiger charge is 2.38. The lowest BCUT2D eigenvalue weighted by molar-refractivity contribution is -0.138. The topological polar surface area (TPSA) is 90.2 Å². The second-order valence-corrected chi connectivity index (χ2v) is 11.2. The van der Waals surface area contributed by atoms with E-state index in [9.17, 15) is 14.4 Å². The molecule has 3 aromatic carbocycles. The van der Waals surface area contributed by atoms with Crippen LogP contribution in [0.5, 0.6) is 5.75 Å². The highest BCUT2D eigenvalue weighted by molar-refractivity contribution is 7.07. The van der Waals surface area contributed by atoms with Crippen LogP contribution in [-0.2, 0) is 14.3 Å². The minimum atomic E-state index is -0.863.